The van der Waals surface area contributed by atoms with Gasteiger partial charge in [-0.2, -0.15) is 5.26 Å². The molecule has 0 bridgehead atoms. The zero-order chi connectivity index (χ0) is 15.2. The Morgan fingerprint density at radius 1 is 1.33 bits per heavy atom. The molecule has 1 aromatic heterocycles. The zero-order valence-corrected chi connectivity index (χ0v) is 12.9. The molecule has 1 aromatic carbocycles. The lowest BCUT2D eigenvalue weighted by Crippen LogP contribution is -2.07. The second kappa shape index (κ2) is 7.05. The van der Waals surface area contributed by atoms with Crippen LogP contribution in [0.3, 0.4) is 0 Å². The lowest BCUT2D eigenvalue weighted by Gasteiger charge is -2.11. The Morgan fingerprint density at radius 3 is 2.86 bits per heavy atom. The molecule has 4 nitrogen and oxygen atoms in total. The van der Waals surface area contributed by atoms with E-state index >= 15 is 0 Å². The highest BCUT2D eigenvalue weighted by Crippen LogP contribution is 2.21. The van der Waals surface area contributed by atoms with Crippen LogP contribution < -0.4 is 5.32 Å². The molecule has 0 aliphatic rings. The monoisotopic (exact) mass is 300 g/mol. The predicted octanol–water partition coefficient (Wildman–Crippen LogP) is 3.87. The highest BCUT2D eigenvalue weighted by molar-refractivity contribution is 6.30. The van der Waals surface area contributed by atoms with E-state index < -0.39 is 0 Å². The van der Waals surface area contributed by atoms with Gasteiger partial charge in [0.05, 0.1) is 11.6 Å². The van der Waals surface area contributed by atoms with E-state index in [0.717, 1.165) is 35.6 Å². The van der Waals surface area contributed by atoms with Crippen molar-refractivity contribution in [3.05, 3.63) is 51.9 Å². The third kappa shape index (κ3) is 3.93. The number of nitrogens with zero attached hydrogens (tertiary/aromatic N) is 3. The van der Waals surface area contributed by atoms with Gasteiger partial charge in [0.15, 0.2) is 0 Å². The number of anilines is 1. The number of rotatable bonds is 5. The van der Waals surface area contributed by atoms with Crippen molar-refractivity contribution >= 4 is 17.4 Å². The second-order valence-corrected chi connectivity index (χ2v) is 5.18. The van der Waals surface area contributed by atoms with Crippen LogP contribution in [0, 0.1) is 18.3 Å². The van der Waals surface area contributed by atoms with Crippen molar-refractivity contribution in [1.29, 1.82) is 5.26 Å². The van der Waals surface area contributed by atoms with Crippen LogP contribution in [-0.4, -0.2) is 9.97 Å². The average molecular weight is 301 g/mol. The maximum atomic E-state index is 8.91. The molecule has 0 amide bonds. The largest absolute Gasteiger partial charge is 0.366 e. The Bertz CT molecular complexity index is 676. The molecular weight excluding hydrogens is 284 g/mol. The smallest absolute Gasteiger partial charge is 0.137 e. The summed E-state index contributed by atoms with van der Waals surface area (Å²) >= 11 is 6.15. The molecule has 0 unspecified atom stereocenters. The molecule has 0 aliphatic carbocycles. The first-order chi connectivity index (χ1) is 10.1. The van der Waals surface area contributed by atoms with Gasteiger partial charge >= 0.3 is 0 Å². The van der Waals surface area contributed by atoms with Gasteiger partial charge in [-0.1, -0.05) is 30.7 Å². The van der Waals surface area contributed by atoms with Gasteiger partial charge in [0.1, 0.15) is 16.8 Å². The molecule has 0 spiro atoms. The van der Waals surface area contributed by atoms with E-state index in [1.807, 2.05) is 25.1 Å². The fraction of sp³-hybridized carbons (Fsp3) is 0.312. The van der Waals surface area contributed by atoms with E-state index in [1.165, 1.54) is 0 Å². The highest BCUT2D eigenvalue weighted by Gasteiger charge is 2.09. The molecule has 0 radical (unpaired) electrons. The van der Waals surface area contributed by atoms with Gasteiger partial charge in [0, 0.05) is 18.5 Å². The number of hydrogen-bond donors (Lipinski definition) is 1. The first kappa shape index (κ1) is 15.3. The summed E-state index contributed by atoms with van der Waals surface area (Å²) in [5.41, 5.74) is 2.52. The summed E-state index contributed by atoms with van der Waals surface area (Å²) in [6.45, 7) is 4.57. The van der Waals surface area contributed by atoms with Crippen molar-refractivity contribution in [1.82, 2.24) is 9.97 Å². The minimum absolute atomic E-state index is 0.488. The Kier molecular flexibility index (Phi) is 5.13. The zero-order valence-electron chi connectivity index (χ0n) is 12.2. The summed E-state index contributed by atoms with van der Waals surface area (Å²) in [5, 5.41) is 12.7. The van der Waals surface area contributed by atoms with Gasteiger partial charge in [-0.15, -0.1) is 0 Å². The predicted molar refractivity (Wildman–Crippen MR) is 84.3 cm³/mol. The molecule has 0 saturated carbocycles. The maximum Gasteiger partial charge on any atom is 0.137 e. The number of hydrogen-bond acceptors (Lipinski definition) is 4. The van der Waals surface area contributed by atoms with Crippen molar-refractivity contribution in [2.45, 2.75) is 33.2 Å². The molecule has 1 N–H and O–H groups in total. The summed E-state index contributed by atoms with van der Waals surface area (Å²) in [4.78, 5) is 8.79. The second-order valence-electron chi connectivity index (χ2n) is 4.82. The standard InChI is InChI=1S/C16H17ClN4/c1-3-5-14-20-15(17)11(2)16(21-14)19-10-13-7-4-6-12(8-13)9-18/h4,6-8H,3,5,10H2,1-2H3,(H,19,20,21). The van der Waals surface area contributed by atoms with Gasteiger partial charge in [0.25, 0.3) is 0 Å². The Labute approximate surface area is 129 Å². The fourth-order valence-corrected chi connectivity index (χ4v) is 2.16. The number of nitrogens with one attached hydrogen (secondary N) is 1. The molecule has 108 valence electrons. The van der Waals surface area contributed by atoms with E-state index in [2.05, 4.69) is 28.3 Å². The van der Waals surface area contributed by atoms with Crippen LogP contribution in [0.4, 0.5) is 5.82 Å². The van der Waals surface area contributed by atoms with Gasteiger partial charge in [0.2, 0.25) is 0 Å². The van der Waals surface area contributed by atoms with Gasteiger partial charge in [-0.3, -0.25) is 0 Å². The van der Waals surface area contributed by atoms with Crippen LogP contribution in [0.2, 0.25) is 5.15 Å². The minimum atomic E-state index is 0.488. The van der Waals surface area contributed by atoms with Gasteiger partial charge in [-0.25, -0.2) is 9.97 Å². The van der Waals surface area contributed by atoms with E-state index in [0.29, 0.717) is 17.3 Å². The summed E-state index contributed by atoms with van der Waals surface area (Å²) in [7, 11) is 0. The van der Waals surface area contributed by atoms with Crippen LogP contribution in [0.25, 0.3) is 0 Å². The van der Waals surface area contributed by atoms with Crippen LogP contribution >= 0.6 is 11.6 Å². The Hall–Kier alpha value is -2.12. The lowest BCUT2D eigenvalue weighted by atomic mass is 10.1. The van der Waals surface area contributed by atoms with Crippen LogP contribution in [0.15, 0.2) is 24.3 Å². The van der Waals surface area contributed by atoms with Crippen LogP contribution in [0.5, 0.6) is 0 Å². The molecule has 2 rings (SSSR count). The fourth-order valence-electron chi connectivity index (χ4n) is 1.98. The van der Waals surface area contributed by atoms with Crippen molar-refractivity contribution < 1.29 is 0 Å². The third-order valence-corrected chi connectivity index (χ3v) is 3.49. The summed E-state index contributed by atoms with van der Waals surface area (Å²) < 4.78 is 0. The quantitative estimate of drug-likeness (QED) is 0.851. The molecule has 0 aliphatic heterocycles. The average Bonchev–Trinajstić information content (AvgIpc) is 2.50. The molecule has 0 fully saturated rings. The third-order valence-electron chi connectivity index (χ3n) is 3.12. The van der Waals surface area contributed by atoms with Crippen molar-refractivity contribution in [3.8, 4) is 6.07 Å². The van der Waals surface area contributed by atoms with E-state index in [1.54, 1.807) is 6.07 Å². The van der Waals surface area contributed by atoms with E-state index in [9.17, 15) is 0 Å². The van der Waals surface area contributed by atoms with E-state index in [-0.39, 0.29) is 0 Å². The summed E-state index contributed by atoms with van der Waals surface area (Å²) in [5.74, 6) is 1.50. The first-order valence-electron chi connectivity index (χ1n) is 6.90. The van der Waals surface area contributed by atoms with Crippen molar-refractivity contribution in [2.24, 2.45) is 0 Å². The summed E-state index contributed by atoms with van der Waals surface area (Å²) in [6.07, 6.45) is 1.78. The molecule has 2 aromatic rings. The Morgan fingerprint density at radius 2 is 2.14 bits per heavy atom. The normalized spacial score (nSPS) is 10.2. The summed E-state index contributed by atoms with van der Waals surface area (Å²) in [6, 6.07) is 9.63. The SMILES string of the molecule is CCCc1nc(Cl)c(C)c(NCc2cccc(C#N)c2)n1. The number of halogens is 1. The molecule has 21 heavy (non-hydrogen) atoms. The number of aromatic nitrogens is 2. The molecule has 5 heteroatoms. The highest BCUT2D eigenvalue weighted by atomic mass is 35.5. The van der Waals surface area contributed by atoms with Gasteiger partial charge < -0.3 is 5.32 Å². The van der Waals surface area contributed by atoms with Crippen LogP contribution in [0.1, 0.15) is 35.9 Å². The Balaban J connectivity index is 2.17. The number of benzene rings is 1. The molecule has 1 heterocycles. The first-order valence-corrected chi connectivity index (χ1v) is 7.27. The molecular formula is C16H17ClN4. The number of nitriles is 1. The van der Waals surface area contributed by atoms with Crippen molar-refractivity contribution in [3.63, 3.8) is 0 Å². The molecule has 0 atom stereocenters. The number of aryl methyl sites for hydroxylation is 1. The van der Waals surface area contributed by atoms with Gasteiger partial charge in [-0.05, 0) is 31.0 Å². The molecule has 0 saturated heterocycles. The topological polar surface area (TPSA) is 61.6 Å². The minimum Gasteiger partial charge on any atom is -0.366 e. The maximum absolute atomic E-state index is 8.91. The van der Waals surface area contributed by atoms with Crippen molar-refractivity contribution in [2.75, 3.05) is 5.32 Å². The lowest BCUT2D eigenvalue weighted by molar-refractivity contribution is 0.830. The van der Waals surface area contributed by atoms with Crippen LogP contribution in [-0.2, 0) is 13.0 Å². The van der Waals surface area contributed by atoms with E-state index in [4.69, 9.17) is 16.9 Å².